The molecule has 0 unspecified atom stereocenters. The summed E-state index contributed by atoms with van der Waals surface area (Å²) in [6, 6.07) is 8.47. The van der Waals surface area contributed by atoms with Crippen LogP contribution in [0.4, 0.5) is 0 Å². The average molecular weight is 430 g/mol. The Balaban J connectivity index is 1.60. The molecule has 1 aliphatic rings. The highest BCUT2D eigenvalue weighted by atomic mass is 35.5. The van der Waals surface area contributed by atoms with Crippen molar-refractivity contribution in [2.75, 3.05) is 20.2 Å². The maximum atomic E-state index is 13.1. The number of ether oxygens (including phenoxy) is 1. The number of halogens is 1. The summed E-state index contributed by atoms with van der Waals surface area (Å²) in [5, 5.41) is 4.41. The number of H-pyrrole nitrogens is 1. The second-order valence-corrected chi connectivity index (χ2v) is 8.18. The van der Waals surface area contributed by atoms with E-state index in [-0.39, 0.29) is 17.4 Å². The van der Waals surface area contributed by atoms with Crippen molar-refractivity contribution in [1.29, 1.82) is 0 Å². The lowest BCUT2D eigenvalue weighted by Crippen LogP contribution is -2.40. The van der Waals surface area contributed by atoms with Gasteiger partial charge in [-0.25, -0.2) is 4.98 Å². The van der Waals surface area contributed by atoms with Gasteiger partial charge in [0.05, 0.1) is 18.4 Å². The standard InChI is InChI=1S/C21H20ClN3O3S/c1-28-18-5-4-15(22)9-16(18)21(27)25-7-2-3-13(11-25)20-23-17(10-19(26)24-20)14-6-8-29-12-14/h4-6,8-10,12-13H,2-3,7,11H2,1H3,(H,23,24,26)/t13-/m0/s1. The Labute approximate surface area is 177 Å². The fraction of sp³-hybridized carbons (Fsp3) is 0.286. The molecule has 2 aromatic heterocycles. The first-order valence-corrected chi connectivity index (χ1v) is 10.6. The summed E-state index contributed by atoms with van der Waals surface area (Å²) in [6.07, 6.45) is 1.68. The molecule has 1 aromatic carbocycles. The lowest BCUT2D eigenvalue weighted by atomic mass is 9.96. The van der Waals surface area contributed by atoms with Crippen molar-refractivity contribution >= 4 is 28.8 Å². The number of amides is 1. The van der Waals surface area contributed by atoms with Crippen LogP contribution in [-0.2, 0) is 0 Å². The maximum absolute atomic E-state index is 13.1. The Morgan fingerprint density at radius 2 is 2.21 bits per heavy atom. The fourth-order valence-electron chi connectivity index (χ4n) is 3.63. The fourth-order valence-corrected chi connectivity index (χ4v) is 4.45. The number of aromatic amines is 1. The molecular weight excluding hydrogens is 410 g/mol. The number of rotatable bonds is 4. The van der Waals surface area contributed by atoms with E-state index in [0.717, 1.165) is 18.4 Å². The molecule has 0 spiro atoms. The second-order valence-electron chi connectivity index (χ2n) is 6.96. The van der Waals surface area contributed by atoms with Crippen molar-refractivity contribution in [1.82, 2.24) is 14.9 Å². The van der Waals surface area contributed by atoms with Crippen LogP contribution in [0.5, 0.6) is 5.75 Å². The van der Waals surface area contributed by atoms with Gasteiger partial charge in [-0.3, -0.25) is 9.59 Å². The van der Waals surface area contributed by atoms with Crippen LogP contribution in [0.1, 0.15) is 34.9 Å². The first-order chi connectivity index (χ1) is 14.0. The molecule has 1 N–H and O–H groups in total. The van der Waals surface area contributed by atoms with Crippen molar-refractivity contribution in [2.24, 2.45) is 0 Å². The van der Waals surface area contributed by atoms with Gasteiger partial charge in [-0.05, 0) is 42.5 Å². The Morgan fingerprint density at radius 1 is 1.34 bits per heavy atom. The van der Waals surface area contributed by atoms with E-state index in [1.807, 2.05) is 16.8 Å². The number of piperidine rings is 1. The van der Waals surface area contributed by atoms with Gasteiger partial charge in [-0.2, -0.15) is 11.3 Å². The number of likely N-dealkylation sites (tertiary alicyclic amines) is 1. The van der Waals surface area contributed by atoms with E-state index < -0.39 is 0 Å². The summed E-state index contributed by atoms with van der Waals surface area (Å²) in [5.74, 6) is 0.941. The molecule has 4 rings (SSSR count). The number of benzene rings is 1. The number of hydrogen-bond acceptors (Lipinski definition) is 5. The zero-order chi connectivity index (χ0) is 20.4. The Morgan fingerprint density at radius 3 is 2.97 bits per heavy atom. The largest absolute Gasteiger partial charge is 0.496 e. The van der Waals surface area contributed by atoms with Crippen molar-refractivity contribution < 1.29 is 9.53 Å². The van der Waals surface area contributed by atoms with Gasteiger partial charge < -0.3 is 14.6 Å². The predicted octanol–water partition coefficient (Wildman–Crippen LogP) is 4.18. The van der Waals surface area contributed by atoms with Gasteiger partial charge in [-0.1, -0.05) is 11.6 Å². The van der Waals surface area contributed by atoms with E-state index >= 15 is 0 Å². The summed E-state index contributed by atoms with van der Waals surface area (Å²) in [7, 11) is 1.53. The van der Waals surface area contributed by atoms with Crippen LogP contribution >= 0.6 is 22.9 Å². The first kappa shape index (κ1) is 19.7. The molecule has 0 saturated carbocycles. The third kappa shape index (κ3) is 4.21. The molecule has 1 atom stereocenters. The van der Waals surface area contributed by atoms with Gasteiger partial charge in [-0.15, -0.1) is 0 Å². The highest BCUT2D eigenvalue weighted by molar-refractivity contribution is 7.08. The summed E-state index contributed by atoms with van der Waals surface area (Å²) < 4.78 is 5.33. The van der Waals surface area contributed by atoms with E-state index in [1.165, 1.54) is 13.2 Å². The SMILES string of the molecule is COc1ccc(Cl)cc1C(=O)N1CCC[C@H](c2nc(-c3ccsc3)cc(=O)[nH]2)C1. The molecule has 0 aliphatic carbocycles. The molecule has 29 heavy (non-hydrogen) atoms. The molecule has 1 saturated heterocycles. The zero-order valence-corrected chi connectivity index (χ0v) is 17.4. The van der Waals surface area contributed by atoms with E-state index in [0.29, 0.717) is 40.9 Å². The Hall–Kier alpha value is -2.64. The summed E-state index contributed by atoms with van der Waals surface area (Å²) in [4.78, 5) is 34.7. The quantitative estimate of drug-likeness (QED) is 0.675. The topological polar surface area (TPSA) is 75.3 Å². The minimum Gasteiger partial charge on any atom is -0.496 e. The highest BCUT2D eigenvalue weighted by Crippen LogP contribution is 2.29. The number of thiophene rings is 1. The highest BCUT2D eigenvalue weighted by Gasteiger charge is 2.28. The summed E-state index contributed by atoms with van der Waals surface area (Å²) >= 11 is 7.65. The third-order valence-electron chi connectivity index (χ3n) is 5.06. The third-order valence-corrected chi connectivity index (χ3v) is 5.98. The van der Waals surface area contributed by atoms with Gasteiger partial charge in [0.25, 0.3) is 11.5 Å². The van der Waals surface area contributed by atoms with Crippen molar-refractivity contribution in [3.63, 3.8) is 0 Å². The molecule has 150 valence electrons. The van der Waals surface area contributed by atoms with Crippen LogP contribution < -0.4 is 10.3 Å². The van der Waals surface area contributed by atoms with Crippen LogP contribution in [0.15, 0.2) is 45.9 Å². The smallest absolute Gasteiger partial charge is 0.257 e. The van der Waals surface area contributed by atoms with Gasteiger partial charge in [0.15, 0.2) is 0 Å². The molecule has 1 amide bonds. The lowest BCUT2D eigenvalue weighted by molar-refractivity contribution is 0.0701. The predicted molar refractivity (Wildman–Crippen MR) is 114 cm³/mol. The van der Waals surface area contributed by atoms with Crippen LogP contribution in [0.2, 0.25) is 5.02 Å². The Bertz CT molecular complexity index is 1080. The molecule has 6 nitrogen and oxygen atoms in total. The molecule has 0 radical (unpaired) electrons. The van der Waals surface area contributed by atoms with Crippen LogP contribution in [-0.4, -0.2) is 41.0 Å². The molecule has 1 fully saturated rings. The summed E-state index contributed by atoms with van der Waals surface area (Å²) in [5.41, 5.74) is 1.84. The van der Waals surface area contributed by atoms with Crippen molar-refractivity contribution in [3.05, 3.63) is 67.9 Å². The van der Waals surface area contributed by atoms with E-state index in [4.69, 9.17) is 16.3 Å². The minimum atomic E-state index is -0.184. The van der Waals surface area contributed by atoms with Crippen LogP contribution in [0.3, 0.4) is 0 Å². The minimum absolute atomic E-state index is 0.0378. The van der Waals surface area contributed by atoms with Gasteiger partial charge in [0.2, 0.25) is 0 Å². The Kier molecular flexibility index (Phi) is 5.69. The van der Waals surface area contributed by atoms with Gasteiger partial charge >= 0.3 is 0 Å². The molecule has 1 aliphatic heterocycles. The number of methoxy groups -OCH3 is 1. The average Bonchev–Trinajstić information content (AvgIpc) is 3.28. The maximum Gasteiger partial charge on any atom is 0.257 e. The first-order valence-electron chi connectivity index (χ1n) is 9.32. The van der Waals surface area contributed by atoms with Crippen LogP contribution in [0, 0.1) is 0 Å². The van der Waals surface area contributed by atoms with Crippen molar-refractivity contribution in [2.45, 2.75) is 18.8 Å². The number of nitrogens with one attached hydrogen (secondary N) is 1. The zero-order valence-electron chi connectivity index (χ0n) is 15.9. The molecule has 0 bridgehead atoms. The second kappa shape index (κ2) is 8.39. The molecular formula is C21H20ClN3O3S. The summed E-state index contributed by atoms with van der Waals surface area (Å²) in [6.45, 7) is 1.12. The van der Waals surface area contributed by atoms with Crippen molar-refractivity contribution in [3.8, 4) is 17.0 Å². The molecule has 3 aromatic rings. The molecule has 3 heterocycles. The monoisotopic (exact) mass is 429 g/mol. The van der Waals surface area contributed by atoms with E-state index in [1.54, 1.807) is 34.4 Å². The molecule has 8 heteroatoms. The number of carbonyl (C=O) groups excluding carboxylic acids is 1. The normalized spacial score (nSPS) is 16.6. The number of hydrogen-bond donors (Lipinski definition) is 1. The van der Waals surface area contributed by atoms with Gasteiger partial charge in [0.1, 0.15) is 11.6 Å². The number of nitrogens with zero attached hydrogens (tertiary/aromatic N) is 2. The van der Waals surface area contributed by atoms with Crippen LogP contribution in [0.25, 0.3) is 11.3 Å². The van der Waals surface area contributed by atoms with Gasteiger partial charge in [0, 0.05) is 41.0 Å². The van der Waals surface area contributed by atoms with E-state index in [9.17, 15) is 9.59 Å². The number of carbonyl (C=O) groups is 1. The van der Waals surface area contributed by atoms with E-state index in [2.05, 4.69) is 9.97 Å². The lowest BCUT2D eigenvalue weighted by Gasteiger charge is -2.32. The number of aromatic nitrogens is 2.